The van der Waals surface area contributed by atoms with E-state index >= 15 is 0 Å². The number of benzene rings is 1. The summed E-state index contributed by atoms with van der Waals surface area (Å²) in [5.74, 6) is 2.09. The van der Waals surface area contributed by atoms with Crippen LogP contribution in [0.15, 0.2) is 30.3 Å². The van der Waals surface area contributed by atoms with Crippen molar-refractivity contribution in [2.24, 2.45) is 5.92 Å². The molecule has 0 atom stereocenters. The largest absolute Gasteiger partial charge is 0.366 e. The molecule has 2 heterocycles. The molecule has 1 aromatic carbocycles. The molecule has 3 rings (SSSR count). The van der Waals surface area contributed by atoms with Gasteiger partial charge >= 0.3 is 0 Å². The fourth-order valence-corrected chi connectivity index (χ4v) is 2.82. The summed E-state index contributed by atoms with van der Waals surface area (Å²) >= 11 is 0. The second-order valence-electron chi connectivity index (χ2n) is 6.31. The standard InChI is InChI=1S/C18H23FN4/c1-13-7-9-23(10-8-13)18-21-14(2)11-17(22-18)20-12-15-5-3-4-6-16(15)19/h3-6,11,13H,7-10,12H2,1-2H3,(H,20,21,22). The Morgan fingerprint density at radius 1 is 1.22 bits per heavy atom. The van der Waals surface area contributed by atoms with Gasteiger partial charge in [0.2, 0.25) is 5.95 Å². The Bertz CT molecular complexity index is 666. The summed E-state index contributed by atoms with van der Waals surface area (Å²) in [6, 6.07) is 8.69. The maximum atomic E-state index is 13.7. The lowest BCUT2D eigenvalue weighted by atomic mass is 10.00. The second kappa shape index (κ2) is 6.94. The molecule has 0 amide bonds. The van der Waals surface area contributed by atoms with Crippen molar-refractivity contribution in [1.29, 1.82) is 0 Å². The molecule has 23 heavy (non-hydrogen) atoms. The van der Waals surface area contributed by atoms with Gasteiger partial charge in [-0.1, -0.05) is 25.1 Å². The maximum absolute atomic E-state index is 13.7. The minimum absolute atomic E-state index is 0.198. The van der Waals surface area contributed by atoms with Crippen LogP contribution >= 0.6 is 0 Å². The molecule has 122 valence electrons. The molecule has 4 nitrogen and oxygen atoms in total. The summed E-state index contributed by atoms with van der Waals surface area (Å²) in [7, 11) is 0. The molecule has 1 saturated heterocycles. The zero-order chi connectivity index (χ0) is 16.2. The van der Waals surface area contributed by atoms with E-state index in [9.17, 15) is 4.39 Å². The summed E-state index contributed by atoms with van der Waals surface area (Å²) in [6.45, 7) is 6.66. The van der Waals surface area contributed by atoms with Crippen molar-refractivity contribution < 1.29 is 4.39 Å². The van der Waals surface area contributed by atoms with Crippen LogP contribution in [0.3, 0.4) is 0 Å². The van der Waals surface area contributed by atoms with Gasteiger partial charge in [-0.25, -0.2) is 9.37 Å². The highest BCUT2D eigenvalue weighted by molar-refractivity contribution is 5.44. The van der Waals surface area contributed by atoms with Gasteiger partial charge < -0.3 is 10.2 Å². The van der Waals surface area contributed by atoms with Gasteiger partial charge in [-0.3, -0.25) is 0 Å². The second-order valence-corrected chi connectivity index (χ2v) is 6.31. The van der Waals surface area contributed by atoms with Crippen LogP contribution in [0.25, 0.3) is 0 Å². The van der Waals surface area contributed by atoms with Crippen LogP contribution in [-0.4, -0.2) is 23.1 Å². The summed E-state index contributed by atoms with van der Waals surface area (Å²) in [6.07, 6.45) is 2.35. The number of aryl methyl sites for hydroxylation is 1. The van der Waals surface area contributed by atoms with E-state index in [0.717, 1.165) is 36.5 Å². The van der Waals surface area contributed by atoms with Gasteiger partial charge in [0.15, 0.2) is 0 Å². The Kier molecular flexibility index (Phi) is 4.74. The fraction of sp³-hybridized carbons (Fsp3) is 0.444. The average molecular weight is 314 g/mol. The van der Waals surface area contributed by atoms with E-state index in [1.165, 1.54) is 18.9 Å². The van der Waals surface area contributed by atoms with Crippen molar-refractivity contribution in [3.8, 4) is 0 Å². The van der Waals surface area contributed by atoms with Crippen molar-refractivity contribution in [3.05, 3.63) is 47.4 Å². The van der Waals surface area contributed by atoms with Crippen molar-refractivity contribution in [2.45, 2.75) is 33.2 Å². The summed E-state index contributed by atoms with van der Waals surface area (Å²) in [5, 5.41) is 3.21. The van der Waals surface area contributed by atoms with Gasteiger partial charge in [0.25, 0.3) is 0 Å². The predicted octanol–water partition coefficient (Wildman–Crippen LogP) is 3.77. The number of aromatic nitrogens is 2. The Balaban J connectivity index is 1.71. The first kappa shape index (κ1) is 15.7. The van der Waals surface area contributed by atoms with Crippen LogP contribution in [0, 0.1) is 18.7 Å². The molecule has 2 aromatic rings. The minimum atomic E-state index is -0.198. The summed E-state index contributed by atoms with van der Waals surface area (Å²) in [4.78, 5) is 11.4. The molecular weight excluding hydrogens is 291 g/mol. The van der Waals surface area contributed by atoms with E-state index in [1.54, 1.807) is 12.1 Å². The lowest BCUT2D eigenvalue weighted by molar-refractivity contribution is 0.434. The molecule has 1 N–H and O–H groups in total. The highest BCUT2D eigenvalue weighted by atomic mass is 19.1. The highest BCUT2D eigenvalue weighted by Gasteiger charge is 2.18. The molecule has 0 radical (unpaired) electrons. The smallest absolute Gasteiger partial charge is 0.227 e. The van der Waals surface area contributed by atoms with Crippen LogP contribution in [0.5, 0.6) is 0 Å². The third-order valence-electron chi connectivity index (χ3n) is 4.33. The number of rotatable bonds is 4. The summed E-state index contributed by atoms with van der Waals surface area (Å²) in [5.41, 5.74) is 1.56. The number of piperidine rings is 1. The maximum Gasteiger partial charge on any atom is 0.227 e. The molecular formula is C18H23FN4. The van der Waals surface area contributed by atoms with Crippen molar-refractivity contribution in [1.82, 2.24) is 9.97 Å². The van der Waals surface area contributed by atoms with Crippen molar-refractivity contribution in [3.63, 3.8) is 0 Å². The van der Waals surface area contributed by atoms with Crippen LogP contribution in [0.1, 0.15) is 31.0 Å². The molecule has 1 aliphatic rings. The topological polar surface area (TPSA) is 41.1 Å². The Morgan fingerprint density at radius 2 is 1.96 bits per heavy atom. The Hall–Kier alpha value is -2.17. The first-order valence-electron chi connectivity index (χ1n) is 8.20. The van der Waals surface area contributed by atoms with Gasteiger partial charge in [-0.15, -0.1) is 0 Å². The molecule has 1 aromatic heterocycles. The van der Waals surface area contributed by atoms with Crippen LogP contribution in [-0.2, 0) is 6.54 Å². The molecule has 5 heteroatoms. The van der Waals surface area contributed by atoms with Gasteiger partial charge in [0, 0.05) is 37.0 Å². The third kappa shape index (κ3) is 3.97. The third-order valence-corrected chi connectivity index (χ3v) is 4.33. The van der Waals surface area contributed by atoms with Gasteiger partial charge in [-0.05, 0) is 31.7 Å². The summed E-state index contributed by atoms with van der Waals surface area (Å²) < 4.78 is 13.7. The van der Waals surface area contributed by atoms with Crippen LogP contribution in [0.2, 0.25) is 0 Å². The number of nitrogens with zero attached hydrogens (tertiary/aromatic N) is 3. The monoisotopic (exact) mass is 314 g/mol. The van der Waals surface area contributed by atoms with Crippen LogP contribution in [0.4, 0.5) is 16.2 Å². The van der Waals surface area contributed by atoms with E-state index in [4.69, 9.17) is 0 Å². The highest BCUT2D eigenvalue weighted by Crippen LogP contribution is 2.22. The van der Waals surface area contributed by atoms with E-state index < -0.39 is 0 Å². The SMILES string of the molecule is Cc1cc(NCc2ccccc2F)nc(N2CCC(C)CC2)n1. The average Bonchev–Trinajstić information content (AvgIpc) is 2.54. The lowest BCUT2D eigenvalue weighted by Crippen LogP contribution is -2.34. The number of hydrogen-bond acceptors (Lipinski definition) is 4. The van der Waals surface area contributed by atoms with Crippen molar-refractivity contribution in [2.75, 3.05) is 23.3 Å². The molecule has 0 spiro atoms. The molecule has 1 aliphatic heterocycles. The molecule has 0 bridgehead atoms. The fourth-order valence-electron chi connectivity index (χ4n) is 2.82. The number of nitrogens with one attached hydrogen (secondary N) is 1. The van der Waals surface area contributed by atoms with E-state index in [1.807, 2.05) is 19.1 Å². The first-order valence-corrected chi connectivity index (χ1v) is 8.20. The quantitative estimate of drug-likeness (QED) is 0.932. The molecule has 0 saturated carbocycles. The minimum Gasteiger partial charge on any atom is -0.366 e. The van der Waals surface area contributed by atoms with Gasteiger partial charge in [0.1, 0.15) is 11.6 Å². The van der Waals surface area contributed by atoms with Crippen LogP contribution < -0.4 is 10.2 Å². The zero-order valence-corrected chi connectivity index (χ0v) is 13.7. The predicted molar refractivity (Wildman–Crippen MR) is 91.1 cm³/mol. The number of halogens is 1. The van der Waals surface area contributed by atoms with Crippen molar-refractivity contribution >= 4 is 11.8 Å². The normalized spacial score (nSPS) is 15.7. The molecule has 0 aliphatic carbocycles. The van der Waals surface area contributed by atoms with E-state index in [-0.39, 0.29) is 5.82 Å². The zero-order valence-electron chi connectivity index (χ0n) is 13.7. The van der Waals surface area contributed by atoms with E-state index in [2.05, 4.69) is 27.1 Å². The van der Waals surface area contributed by atoms with Gasteiger partial charge in [0.05, 0.1) is 0 Å². The molecule has 1 fully saturated rings. The lowest BCUT2D eigenvalue weighted by Gasteiger charge is -2.30. The Labute approximate surface area is 136 Å². The molecule has 0 unspecified atom stereocenters. The first-order chi connectivity index (χ1) is 11.1. The Morgan fingerprint density at radius 3 is 2.70 bits per heavy atom. The van der Waals surface area contributed by atoms with Gasteiger partial charge in [-0.2, -0.15) is 4.98 Å². The number of anilines is 2. The number of hydrogen-bond donors (Lipinski definition) is 1. The van der Waals surface area contributed by atoms with E-state index in [0.29, 0.717) is 12.1 Å².